The summed E-state index contributed by atoms with van der Waals surface area (Å²) < 4.78 is 0.159. The van der Waals surface area contributed by atoms with Crippen molar-refractivity contribution in [3.05, 3.63) is 74.7 Å². The number of nitro benzene ring substituents is 1. The van der Waals surface area contributed by atoms with Gasteiger partial charge >= 0.3 is 0 Å². The average Bonchev–Trinajstić information content (AvgIpc) is 2.69. The van der Waals surface area contributed by atoms with Crippen LogP contribution in [0.3, 0.4) is 0 Å². The summed E-state index contributed by atoms with van der Waals surface area (Å²) in [4.78, 5) is 22.3. The number of fused-ring (bicyclic) bond motifs is 1. The number of nitro groups is 1. The number of nitrogens with zero attached hydrogens (tertiary/aromatic N) is 2. The van der Waals surface area contributed by atoms with E-state index in [-0.39, 0.29) is 28.0 Å². The summed E-state index contributed by atoms with van der Waals surface area (Å²) in [5.41, 5.74) is 3.02. The number of non-ortho nitro benzene ring substituents is 1. The molecule has 3 N–H and O–H groups in total. The van der Waals surface area contributed by atoms with Crippen molar-refractivity contribution in [3.63, 3.8) is 0 Å². The Morgan fingerprint density at radius 3 is 2.75 bits per heavy atom. The van der Waals surface area contributed by atoms with Crippen molar-refractivity contribution >= 4 is 50.2 Å². The third-order valence-electron chi connectivity index (χ3n) is 3.91. The van der Waals surface area contributed by atoms with Gasteiger partial charge in [-0.3, -0.25) is 14.9 Å². The van der Waals surface area contributed by atoms with E-state index < -0.39 is 10.8 Å². The summed E-state index contributed by atoms with van der Waals surface area (Å²) >= 11 is 3.04. The van der Waals surface area contributed by atoms with Crippen LogP contribution in [0.4, 0.5) is 11.4 Å². The van der Waals surface area contributed by atoms with Crippen LogP contribution in [0.2, 0.25) is 0 Å². The highest BCUT2D eigenvalue weighted by atomic mass is 79.9. The zero-order chi connectivity index (χ0) is 20.1. The fourth-order valence-electron chi connectivity index (χ4n) is 2.58. The molecular formula is C19H15BrN4O4. The maximum absolute atomic E-state index is 12.0. The number of halogens is 1. The molecule has 0 aromatic heterocycles. The first kappa shape index (κ1) is 19.3. The number of hydrazone groups is 1. The van der Waals surface area contributed by atoms with E-state index in [1.165, 1.54) is 6.07 Å². The summed E-state index contributed by atoms with van der Waals surface area (Å²) in [5.74, 6) is -0.620. The summed E-state index contributed by atoms with van der Waals surface area (Å²) in [6, 6.07) is 15.9. The molecule has 0 saturated heterocycles. The largest absolute Gasteiger partial charge is 0.506 e. The third-order valence-corrected chi connectivity index (χ3v) is 4.51. The molecule has 0 atom stereocenters. The maximum atomic E-state index is 12.0. The normalized spacial score (nSPS) is 10.9. The van der Waals surface area contributed by atoms with E-state index >= 15 is 0 Å². The molecule has 3 aromatic rings. The molecule has 0 bridgehead atoms. The van der Waals surface area contributed by atoms with Crippen LogP contribution >= 0.6 is 15.9 Å². The van der Waals surface area contributed by atoms with Crippen molar-refractivity contribution in [3.8, 4) is 5.75 Å². The second-order valence-corrected chi connectivity index (χ2v) is 6.65. The molecule has 1 amide bonds. The van der Waals surface area contributed by atoms with Gasteiger partial charge in [0.15, 0.2) is 0 Å². The molecule has 0 aliphatic carbocycles. The van der Waals surface area contributed by atoms with E-state index in [0.717, 1.165) is 28.7 Å². The highest BCUT2D eigenvalue weighted by Crippen LogP contribution is 2.31. The molecule has 3 aromatic carbocycles. The van der Waals surface area contributed by atoms with Crippen LogP contribution in [0.5, 0.6) is 5.75 Å². The topological polar surface area (TPSA) is 117 Å². The van der Waals surface area contributed by atoms with Crippen LogP contribution in [-0.4, -0.2) is 28.7 Å². The third kappa shape index (κ3) is 4.44. The first-order valence-corrected chi connectivity index (χ1v) is 8.95. The predicted molar refractivity (Wildman–Crippen MR) is 111 cm³/mol. The monoisotopic (exact) mass is 442 g/mol. The van der Waals surface area contributed by atoms with E-state index in [2.05, 4.69) is 31.8 Å². The van der Waals surface area contributed by atoms with Gasteiger partial charge in [0.2, 0.25) is 0 Å². The van der Waals surface area contributed by atoms with E-state index in [9.17, 15) is 20.0 Å². The van der Waals surface area contributed by atoms with E-state index in [1.54, 1.807) is 0 Å². The molecule has 0 unspecified atom stereocenters. The fourth-order valence-corrected chi connectivity index (χ4v) is 3.04. The zero-order valence-corrected chi connectivity index (χ0v) is 16.0. The molecule has 0 saturated carbocycles. The molecule has 0 heterocycles. The van der Waals surface area contributed by atoms with Gasteiger partial charge in [-0.25, -0.2) is 5.43 Å². The van der Waals surface area contributed by atoms with Crippen molar-refractivity contribution in [1.82, 2.24) is 5.43 Å². The van der Waals surface area contributed by atoms with Gasteiger partial charge < -0.3 is 10.4 Å². The van der Waals surface area contributed by atoms with Crippen LogP contribution in [0.1, 0.15) is 5.56 Å². The van der Waals surface area contributed by atoms with E-state index in [1.807, 2.05) is 42.5 Å². The van der Waals surface area contributed by atoms with Gasteiger partial charge in [0.05, 0.1) is 22.2 Å². The Kier molecular flexibility index (Phi) is 5.85. The Morgan fingerprint density at radius 2 is 1.96 bits per heavy atom. The molecule has 3 rings (SSSR count). The van der Waals surface area contributed by atoms with Gasteiger partial charge in [-0.15, -0.1) is 0 Å². The Balaban J connectivity index is 1.64. The minimum atomic E-state index is -0.589. The summed E-state index contributed by atoms with van der Waals surface area (Å²) in [5, 5.41) is 29.7. The molecule has 0 fully saturated rings. The number of amides is 1. The van der Waals surface area contributed by atoms with Crippen molar-refractivity contribution in [2.24, 2.45) is 5.10 Å². The van der Waals surface area contributed by atoms with Crippen molar-refractivity contribution < 1.29 is 14.8 Å². The van der Waals surface area contributed by atoms with Gasteiger partial charge in [0, 0.05) is 28.8 Å². The number of rotatable bonds is 6. The van der Waals surface area contributed by atoms with Crippen LogP contribution in [0.25, 0.3) is 10.8 Å². The Labute approximate surface area is 168 Å². The van der Waals surface area contributed by atoms with Gasteiger partial charge in [0.1, 0.15) is 5.75 Å². The van der Waals surface area contributed by atoms with Crippen LogP contribution in [0, 0.1) is 10.1 Å². The number of carbonyl (C=O) groups excluding carboxylic acids is 1. The van der Waals surface area contributed by atoms with Crippen molar-refractivity contribution in [2.45, 2.75) is 0 Å². The summed E-state index contributed by atoms with van der Waals surface area (Å²) in [7, 11) is 0. The molecule has 9 heteroatoms. The SMILES string of the molecule is O=C(CNc1cccc2ccccc12)N/N=C\c1cc([N+](=O)[O-])cc(Br)c1O. The number of carbonyl (C=O) groups is 1. The molecule has 0 aliphatic heterocycles. The fraction of sp³-hybridized carbons (Fsp3) is 0.0526. The average molecular weight is 443 g/mol. The Hall–Kier alpha value is -3.46. The lowest BCUT2D eigenvalue weighted by Gasteiger charge is -2.08. The second kappa shape index (κ2) is 8.49. The van der Waals surface area contributed by atoms with Crippen LogP contribution < -0.4 is 10.7 Å². The lowest BCUT2D eigenvalue weighted by molar-refractivity contribution is -0.385. The first-order valence-electron chi connectivity index (χ1n) is 8.16. The number of benzene rings is 3. The van der Waals surface area contributed by atoms with Crippen LogP contribution in [0.15, 0.2) is 64.2 Å². The summed E-state index contributed by atoms with van der Waals surface area (Å²) in [6.45, 7) is -0.0179. The zero-order valence-electron chi connectivity index (χ0n) is 14.4. The number of hydrogen-bond acceptors (Lipinski definition) is 6. The number of phenolic OH excluding ortho intramolecular Hbond substituents is 1. The predicted octanol–water partition coefficient (Wildman–Crippen LogP) is 3.78. The van der Waals surface area contributed by atoms with Crippen molar-refractivity contribution in [2.75, 3.05) is 11.9 Å². The highest BCUT2D eigenvalue weighted by molar-refractivity contribution is 9.10. The number of nitrogens with one attached hydrogen (secondary N) is 2. The molecule has 8 nitrogen and oxygen atoms in total. The first-order chi connectivity index (χ1) is 13.5. The molecule has 142 valence electrons. The number of phenols is 1. The van der Waals surface area contributed by atoms with Gasteiger partial charge in [-0.1, -0.05) is 36.4 Å². The lowest BCUT2D eigenvalue weighted by Crippen LogP contribution is -2.25. The standard InChI is InChI=1S/C19H15BrN4O4/c20-16-9-14(24(27)28)8-13(19(16)26)10-22-23-18(25)11-21-17-7-3-5-12-4-1-2-6-15(12)17/h1-10,21,26H,11H2,(H,23,25)/b22-10-. The van der Waals surface area contributed by atoms with Gasteiger partial charge in [0.25, 0.3) is 11.6 Å². The highest BCUT2D eigenvalue weighted by Gasteiger charge is 2.13. The number of anilines is 1. The van der Waals surface area contributed by atoms with Crippen LogP contribution in [-0.2, 0) is 4.79 Å². The minimum Gasteiger partial charge on any atom is -0.506 e. The molecule has 0 spiro atoms. The smallest absolute Gasteiger partial charge is 0.271 e. The Morgan fingerprint density at radius 1 is 1.21 bits per heavy atom. The molecule has 0 radical (unpaired) electrons. The maximum Gasteiger partial charge on any atom is 0.271 e. The minimum absolute atomic E-state index is 0.0179. The van der Waals surface area contributed by atoms with E-state index in [0.29, 0.717) is 0 Å². The molecule has 28 heavy (non-hydrogen) atoms. The van der Waals surface area contributed by atoms with E-state index in [4.69, 9.17) is 0 Å². The quantitative estimate of drug-likeness (QED) is 0.305. The Bertz CT molecular complexity index is 1080. The molecule has 0 aliphatic rings. The van der Waals surface area contributed by atoms with Gasteiger partial charge in [-0.05, 0) is 27.4 Å². The number of aromatic hydroxyl groups is 1. The lowest BCUT2D eigenvalue weighted by atomic mass is 10.1. The number of hydrogen-bond donors (Lipinski definition) is 3. The molecular weight excluding hydrogens is 428 g/mol. The van der Waals surface area contributed by atoms with Crippen molar-refractivity contribution in [1.29, 1.82) is 0 Å². The van der Waals surface area contributed by atoms with Gasteiger partial charge in [-0.2, -0.15) is 5.10 Å². The second-order valence-electron chi connectivity index (χ2n) is 5.80. The summed E-state index contributed by atoms with van der Waals surface area (Å²) in [6.07, 6.45) is 1.14.